The second-order valence-electron chi connectivity index (χ2n) is 8.11. The van der Waals surface area contributed by atoms with E-state index in [1.165, 1.54) is 0 Å². The van der Waals surface area contributed by atoms with Gasteiger partial charge in [0.2, 0.25) is 5.91 Å². The van der Waals surface area contributed by atoms with E-state index in [2.05, 4.69) is 26.1 Å². The molecule has 0 bridgehead atoms. The average molecular weight is 295 g/mol. The van der Waals surface area contributed by atoms with Gasteiger partial charge in [0, 0.05) is 5.92 Å². The lowest BCUT2D eigenvalue weighted by atomic mass is 9.69. The molecular formula is C17H29NO3. The third-order valence-electron chi connectivity index (χ3n) is 5.51. The Bertz CT molecular complexity index is 399. The predicted molar refractivity (Wildman–Crippen MR) is 81.9 cm³/mol. The van der Waals surface area contributed by atoms with E-state index in [0.717, 1.165) is 44.9 Å². The molecule has 2 rings (SSSR count). The van der Waals surface area contributed by atoms with E-state index in [1.807, 2.05) is 0 Å². The summed E-state index contributed by atoms with van der Waals surface area (Å²) in [4.78, 5) is 23.4. The molecule has 0 saturated heterocycles. The Morgan fingerprint density at radius 1 is 1.14 bits per heavy atom. The molecule has 0 atom stereocenters. The molecule has 0 unspecified atom stereocenters. The third-order valence-corrected chi connectivity index (χ3v) is 5.51. The summed E-state index contributed by atoms with van der Waals surface area (Å²) in [6.07, 6.45) is 6.79. The molecule has 4 heteroatoms. The predicted octanol–water partition coefficient (Wildman–Crippen LogP) is 3.35. The third kappa shape index (κ3) is 3.98. The largest absolute Gasteiger partial charge is 0.481 e. The minimum absolute atomic E-state index is 0.0656. The highest BCUT2D eigenvalue weighted by molar-refractivity contribution is 5.81. The number of rotatable bonds is 4. The van der Waals surface area contributed by atoms with Crippen LogP contribution in [0.1, 0.15) is 72.1 Å². The summed E-state index contributed by atoms with van der Waals surface area (Å²) in [5.74, 6) is 0.0443. The molecule has 0 aliphatic heterocycles. The number of hydrogen-bond donors (Lipinski definition) is 2. The van der Waals surface area contributed by atoms with Crippen molar-refractivity contribution in [2.24, 2.45) is 17.3 Å². The number of carboxylic acid groups (broad SMARTS) is 1. The van der Waals surface area contributed by atoms with Crippen molar-refractivity contribution in [3.8, 4) is 0 Å². The fourth-order valence-corrected chi connectivity index (χ4v) is 3.82. The lowest BCUT2D eigenvalue weighted by Gasteiger charge is -2.43. The van der Waals surface area contributed by atoms with Crippen molar-refractivity contribution >= 4 is 11.9 Å². The standard InChI is InChI=1S/C17H29NO3/c1-16(2,3)13-7-5-12(6-8-13)15(21)18-17(9-4-10-17)11-14(19)20/h12-13H,4-11H2,1-3H3,(H,18,21)(H,19,20). The highest BCUT2D eigenvalue weighted by Gasteiger charge is 2.42. The summed E-state index contributed by atoms with van der Waals surface area (Å²) >= 11 is 0. The van der Waals surface area contributed by atoms with Crippen molar-refractivity contribution < 1.29 is 14.7 Å². The smallest absolute Gasteiger partial charge is 0.305 e. The van der Waals surface area contributed by atoms with Gasteiger partial charge in [-0.25, -0.2) is 0 Å². The number of nitrogens with one attached hydrogen (secondary N) is 1. The maximum Gasteiger partial charge on any atom is 0.305 e. The van der Waals surface area contributed by atoms with Crippen molar-refractivity contribution in [1.82, 2.24) is 5.32 Å². The zero-order chi connectivity index (χ0) is 15.7. The molecule has 0 aromatic rings. The molecule has 0 heterocycles. The van der Waals surface area contributed by atoms with Gasteiger partial charge >= 0.3 is 5.97 Å². The molecule has 120 valence electrons. The van der Waals surface area contributed by atoms with Crippen molar-refractivity contribution in [2.75, 3.05) is 0 Å². The van der Waals surface area contributed by atoms with Gasteiger partial charge < -0.3 is 10.4 Å². The lowest BCUT2D eigenvalue weighted by molar-refractivity contribution is -0.141. The van der Waals surface area contributed by atoms with Crippen LogP contribution < -0.4 is 5.32 Å². The first-order valence-corrected chi connectivity index (χ1v) is 8.26. The number of hydrogen-bond acceptors (Lipinski definition) is 2. The molecular weight excluding hydrogens is 266 g/mol. The maximum atomic E-state index is 12.4. The fraction of sp³-hybridized carbons (Fsp3) is 0.882. The van der Waals surface area contributed by atoms with Crippen LogP contribution in [-0.2, 0) is 9.59 Å². The number of carbonyl (C=O) groups is 2. The van der Waals surface area contributed by atoms with Crippen LogP contribution in [-0.4, -0.2) is 22.5 Å². The molecule has 2 aliphatic rings. The van der Waals surface area contributed by atoms with E-state index >= 15 is 0 Å². The fourth-order valence-electron chi connectivity index (χ4n) is 3.82. The first-order chi connectivity index (χ1) is 9.72. The van der Waals surface area contributed by atoms with Crippen LogP contribution in [0.2, 0.25) is 0 Å². The Kier molecular flexibility index (Phi) is 4.64. The topological polar surface area (TPSA) is 66.4 Å². The number of carbonyl (C=O) groups excluding carboxylic acids is 1. The molecule has 0 spiro atoms. The molecule has 1 amide bonds. The van der Waals surface area contributed by atoms with Crippen LogP contribution in [0.4, 0.5) is 0 Å². The van der Waals surface area contributed by atoms with Gasteiger partial charge in [-0.3, -0.25) is 9.59 Å². The van der Waals surface area contributed by atoms with E-state index in [-0.39, 0.29) is 18.2 Å². The summed E-state index contributed by atoms with van der Waals surface area (Å²) in [5.41, 5.74) is -0.135. The van der Waals surface area contributed by atoms with Gasteiger partial charge in [-0.15, -0.1) is 0 Å². The van der Waals surface area contributed by atoms with Crippen molar-refractivity contribution in [2.45, 2.75) is 77.7 Å². The van der Waals surface area contributed by atoms with Crippen molar-refractivity contribution in [1.29, 1.82) is 0 Å². The van der Waals surface area contributed by atoms with Crippen LogP contribution in [0.15, 0.2) is 0 Å². The molecule has 0 aromatic carbocycles. The SMILES string of the molecule is CC(C)(C)C1CCC(C(=O)NC2(CC(=O)O)CCC2)CC1. The van der Waals surface area contributed by atoms with Gasteiger partial charge in [-0.1, -0.05) is 20.8 Å². The van der Waals surface area contributed by atoms with Gasteiger partial charge in [0.15, 0.2) is 0 Å². The van der Waals surface area contributed by atoms with Crippen molar-refractivity contribution in [3.63, 3.8) is 0 Å². The van der Waals surface area contributed by atoms with Crippen LogP contribution in [0, 0.1) is 17.3 Å². The summed E-state index contributed by atoms with van der Waals surface area (Å²) in [6.45, 7) is 6.82. The van der Waals surface area contributed by atoms with Gasteiger partial charge in [-0.05, 0) is 56.3 Å². The zero-order valence-corrected chi connectivity index (χ0v) is 13.6. The average Bonchev–Trinajstić information content (AvgIpc) is 2.34. The molecule has 2 saturated carbocycles. The minimum atomic E-state index is -0.813. The maximum absolute atomic E-state index is 12.4. The summed E-state index contributed by atoms with van der Waals surface area (Å²) in [6, 6.07) is 0. The minimum Gasteiger partial charge on any atom is -0.481 e. The summed E-state index contributed by atoms with van der Waals surface area (Å²) in [5, 5.41) is 12.1. The first-order valence-electron chi connectivity index (χ1n) is 8.26. The molecule has 2 N–H and O–H groups in total. The Hall–Kier alpha value is -1.06. The van der Waals surface area contributed by atoms with Crippen LogP contribution in [0.5, 0.6) is 0 Å². The number of carboxylic acids is 1. The molecule has 21 heavy (non-hydrogen) atoms. The molecule has 4 nitrogen and oxygen atoms in total. The van der Waals surface area contributed by atoms with E-state index < -0.39 is 11.5 Å². The molecule has 0 radical (unpaired) electrons. The quantitative estimate of drug-likeness (QED) is 0.836. The normalized spacial score (nSPS) is 28.5. The molecule has 2 fully saturated rings. The number of aliphatic carboxylic acids is 1. The Balaban J connectivity index is 1.86. The second kappa shape index (κ2) is 5.98. The van der Waals surface area contributed by atoms with Crippen LogP contribution in [0.25, 0.3) is 0 Å². The van der Waals surface area contributed by atoms with Gasteiger partial charge in [0.05, 0.1) is 12.0 Å². The highest BCUT2D eigenvalue weighted by atomic mass is 16.4. The Labute approximate surface area is 127 Å². The highest BCUT2D eigenvalue weighted by Crippen LogP contribution is 2.41. The number of amides is 1. The molecule has 2 aliphatic carbocycles. The Morgan fingerprint density at radius 3 is 2.10 bits per heavy atom. The van der Waals surface area contributed by atoms with E-state index in [1.54, 1.807) is 0 Å². The summed E-state index contributed by atoms with van der Waals surface area (Å²) < 4.78 is 0. The van der Waals surface area contributed by atoms with E-state index in [0.29, 0.717) is 11.3 Å². The lowest BCUT2D eigenvalue weighted by Crippen LogP contribution is -2.56. The van der Waals surface area contributed by atoms with E-state index in [9.17, 15) is 9.59 Å². The van der Waals surface area contributed by atoms with E-state index in [4.69, 9.17) is 5.11 Å². The second-order valence-corrected chi connectivity index (χ2v) is 8.11. The van der Waals surface area contributed by atoms with Gasteiger partial charge in [-0.2, -0.15) is 0 Å². The summed E-state index contributed by atoms with van der Waals surface area (Å²) in [7, 11) is 0. The van der Waals surface area contributed by atoms with Gasteiger partial charge in [0.25, 0.3) is 0 Å². The van der Waals surface area contributed by atoms with Crippen LogP contribution in [0.3, 0.4) is 0 Å². The first kappa shape index (κ1) is 16.3. The monoisotopic (exact) mass is 295 g/mol. The Morgan fingerprint density at radius 2 is 1.71 bits per heavy atom. The molecule has 0 aromatic heterocycles. The van der Waals surface area contributed by atoms with Crippen molar-refractivity contribution in [3.05, 3.63) is 0 Å². The zero-order valence-electron chi connectivity index (χ0n) is 13.6. The van der Waals surface area contributed by atoms with Crippen LogP contribution >= 0.6 is 0 Å². The van der Waals surface area contributed by atoms with Gasteiger partial charge in [0.1, 0.15) is 0 Å².